The summed E-state index contributed by atoms with van der Waals surface area (Å²) in [5.74, 6) is -0.927. The minimum absolute atomic E-state index is 0.0797. The van der Waals surface area contributed by atoms with Crippen LogP contribution in [0, 0.1) is 11.6 Å². The van der Waals surface area contributed by atoms with Crippen LogP contribution in [0.1, 0.15) is 11.3 Å². The Hall–Kier alpha value is -3.15. The third-order valence-electron chi connectivity index (χ3n) is 3.60. The highest BCUT2D eigenvalue weighted by Gasteiger charge is 2.17. The van der Waals surface area contributed by atoms with E-state index >= 15 is 0 Å². The van der Waals surface area contributed by atoms with Gasteiger partial charge in [-0.1, -0.05) is 30.3 Å². The zero-order valence-corrected chi connectivity index (χ0v) is 13.3. The van der Waals surface area contributed by atoms with Crippen LogP contribution in [0.2, 0.25) is 0 Å². The normalized spacial score (nSPS) is 10.5. The molecule has 0 aliphatic carbocycles. The van der Waals surface area contributed by atoms with Gasteiger partial charge >= 0.3 is 6.03 Å². The van der Waals surface area contributed by atoms with Gasteiger partial charge in [0.25, 0.3) is 0 Å². The van der Waals surface area contributed by atoms with E-state index in [0.29, 0.717) is 12.3 Å². The minimum Gasteiger partial charge on any atom is -0.467 e. The number of carbonyl (C=O) groups is 1. The topological polar surface area (TPSA) is 45.5 Å². The van der Waals surface area contributed by atoms with E-state index < -0.39 is 17.7 Å². The molecule has 1 N–H and O–H groups in total. The minimum atomic E-state index is -0.828. The number of halogens is 2. The number of rotatable bonds is 5. The zero-order valence-electron chi connectivity index (χ0n) is 13.3. The van der Waals surface area contributed by atoms with Crippen molar-refractivity contribution in [1.82, 2.24) is 4.90 Å². The molecule has 2 amide bonds. The van der Waals surface area contributed by atoms with Crippen molar-refractivity contribution in [2.75, 3.05) is 5.32 Å². The summed E-state index contributed by atoms with van der Waals surface area (Å²) in [4.78, 5) is 14.1. The largest absolute Gasteiger partial charge is 0.467 e. The van der Waals surface area contributed by atoms with Gasteiger partial charge in [0.15, 0.2) is 0 Å². The third kappa shape index (κ3) is 4.44. The van der Waals surface area contributed by atoms with E-state index in [1.807, 2.05) is 30.3 Å². The van der Waals surface area contributed by atoms with Crippen LogP contribution < -0.4 is 5.32 Å². The fraction of sp³-hybridized carbons (Fsp3) is 0.105. The molecule has 0 saturated heterocycles. The highest BCUT2D eigenvalue weighted by atomic mass is 19.1. The summed E-state index contributed by atoms with van der Waals surface area (Å²) in [7, 11) is 0. The molecular weight excluding hydrogens is 326 g/mol. The van der Waals surface area contributed by atoms with Gasteiger partial charge in [0.1, 0.15) is 17.4 Å². The second-order valence-corrected chi connectivity index (χ2v) is 5.48. The maximum atomic E-state index is 13.8. The molecule has 6 heteroatoms. The number of furan rings is 1. The summed E-state index contributed by atoms with van der Waals surface area (Å²) >= 11 is 0. The Kier molecular flexibility index (Phi) is 5.09. The Bertz CT molecular complexity index is 836. The Balaban J connectivity index is 1.78. The van der Waals surface area contributed by atoms with Crippen LogP contribution in [0.15, 0.2) is 71.3 Å². The monoisotopic (exact) mass is 342 g/mol. The molecule has 0 saturated carbocycles. The van der Waals surface area contributed by atoms with Gasteiger partial charge in [0.05, 0.1) is 18.5 Å². The molecule has 3 aromatic rings. The van der Waals surface area contributed by atoms with Crippen molar-refractivity contribution in [1.29, 1.82) is 0 Å². The van der Waals surface area contributed by atoms with Crippen LogP contribution in [-0.4, -0.2) is 10.9 Å². The second kappa shape index (κ2) is 7.61. The average molecular weight is 342 g/mol. The molecule has 128 valence electrons. The molecule has 0 spiro atoms. The van der Waals surface area contributed by atoms with Gasteiger partial charge in [-0.05, 0) is 29.8 Å². The molecule has 4 nitrogen and oxygen atoms in total. The smallest absolute Gasteiger partial charge is 0.322 e. The summed E-state index contributed by atoms with van der Waals surface area (Å²) in [5, 5.41) is 2.47. The Labute approximate surface area is 143 Å². The van der Waals surface area contributed by atoms with Crippen LogP contribution >= 0.6 is 0 Å². The number of nitrogens with one attached hydrogen (secondary N) is 1. The fourth-order valence-electron chi connectivity index (χ4n) is 2.38. The zero-order chi connectivity index (χ0) is 17.6. The highest BCUT2D eigenvalue weighted by molar-refractivity contribution is 5.89. The number of nitrogens with zero attached hydrogens (tertiary/aromatic N) is 1. The molecule has 3 rings (SSSR count). The van der Waals surface area contributed by atoms with Crippen molar-refractivity contribution in [2.24, 2.45) is 0 Å². The Morgan fingerprint density at radius 1 is 1.00 bits per heavy atom. The van der Waals surface area contributed by atoms with Crippen LogP contribution in [-0.2, 0) is 13.1 Å². The maximum absolute atomic E-state index is 13.8. The van der Waals surface area contributed by atoms with E-state index in [-0.39, 0.29) is 12.2 Å². The summed E-state index contributed by atoms with van der Waals surface area (Å²) in [6.45, 7) is 0.534. The summed E-state index contributed by atoms with van der Waals surface area (Å²) in [6, 6.07) is 15.4. The maximum Gasteiger partial charge on any atom is 0.322 e. The first-order valence-corrected chi connectivity index (χ1v) is 7.69. The summed E-state index contributed by atoms with van der Waals surface area (Å²) < 4.78 is 32.1. The van der Waals surface area contributed by atoms with E-state index in [0.717, 1.165) is 17.7 Å². The standard InChI is InChI=1S/C19H16F2N2O2/c20-15-8-9-18(17(21)11-15)22-19(24)23(13-16-7-4-10-25-16)12-14-5-2-1-3-6-14/h1-11H,12-13H2,(H,22,24). The van der Waals surface area contributed by atoms with Gasteiger partial charge in [0.2, 0.25) is 0 Å². The van der Waals surface area contributed by atoms with Gasteiger partial charge < -0.3 is 14.6 Å². The number of amides is 2. The van der Waals surface area contributed by atoms with Crippen LogP contribution in [0.4, 0.5) is 19.3 Å². The molecule has 0 bridgehead atoms. The first-order valence-electron chi connectivity index (χ1n) is 7.69. The number of carbonyl (C=O) groups excluding carboxylic acids is 1. The average Bonchev–Trinajstić information content (AvgIpc) is 3.11. The van der Waals surface area contributed by atoms with Crippen molar-refractivity contribution < 1.29 is 18.0 Å². The summed E-state index contributed by atoms with van der Waals surface area (Å²) in [5.41, 5.74) is 0.840. The number of urea groups is 1. The van der Waals surface area contributed by atoms with E-state index in [1.165, 1.54) is 17.2 Å². The molecule has 0 unspecified atom stereocenters. The first-order chi connectivity index (χ1) is 12.1. The molecule has 0 radical (unpaired) electrons. The predicted octanol–water partition coefficient (Wildman–Crippen LogP) is 4.79. The van der Waals surface area contributed by atoms with E-state index in [9.17, 15) is 13.6 Å². The number of benzene rings is 2. The van der Waals surface area contributed by atoms with Crippen molar-refractivity contribution in [2.45, 2.75) is 13.1 Å². The molecule has 25 heavy (non-hydrogen) atoms. The fourth-order valence-corrected chi connectivity index (χ4v) is 2.38. The van der Waals surface area contributed by atoms with Crippen molar-refractivity contribution in [3.63, 3.8) is 0 Å². The highest BCUT2D eigenvalue weighted by Crippen LogP contribution is 2.17. The summed E-state index contributed by atoms with van der Waals surface area (Å²) in [6.07, 6.45) is 1.52. The van der Waals surface area contributed by atoms with Crippen LogP contribution in [0.25, 0.3) is 0 Å². The lowest BCUT2D eigenvalue weighted by Gasteiger charge is -2.22. The van der Waals surface area contributed by atoms with Crippen LogP contribution in [0.3, 0.4) is 0 Å². The SMILES string of the molecule is O=C(Nc1ccc(F)cc1F)N(Cc1ccccc1)Cc1ccco1. The van der Waals surface area contributed by atoms with Gasteiger partial charge in [-0.3, -0.25) is 0 Å². The van der Waals surface area contributed by atoms with Crippen molar-refractivity contribution in [3.8, 4) is 0 Å². The quantitative estimate of drug-likeness (QED) is 0.724. The van der Waals surface area contributed by atoms with Crippen molar-refractivity contribution >= 4 is 11.7 Å². The van der Waals surface area contributed by atoms with E-state index in [4.69, 9.17) is 4.42 Å². The Morgan fingerprint density at radius 2 is 1.80 bits per heavy atom. The number of hydrogen-bond donors (Lipinski definition) is 1. The lowest BCUT2D eigenvalue weighted by Crippen LogP contribution is -2.34. The van der Waals surface area contributed by atoms with E-state index in [1.54, 1.807) is 12.1 Å². The first kappa shape index (κ1) is 16.7. The molecular formula is C19H16F2N2O2. The lowest BCUT2D eigenvalue weighted by atomic mass is 10.2. The molecule has 1 aromatic heterocycles. The van der Waals surface area contributed by atoms with Crippen molar-refractivity contribution in [3.05, 3.63) is 89.9 Å². The third-order valence-corrected chi connectivity index (χ3v) is 3.60. The second-order valence-electron chi connectivity index (χ2n) is 5.48. The van der Waals surface area contributed by atoms with Gasteiger partial charge in [0, 0.05) is 12.6 Å². The molecule has 1 heterocycles. The van der Waals surface area contributed by atoms with Gasteiger partial charge in [-0.25, -0.2) is 13.6 Å². The van der Waals surface area contributed by atoms with Gasteiger partial charge in [-0.15, -0.1) is 0 Å². The Morgan fingerprint density at radius 3 is 2.48 bits per heavy atom. The molecule has 0 aliphatic heterocycles. The predicted molar refractivity (Wildman–Crippen MR) is 89.8 cm³/mol. The van der Waals surface area contributed by atoms with Gasteiger partial charge in [-0.2, -0.15) is 0 Å². The lowest BCUT2D eigenvalue weighted by molar-refractivity contribution is 0.201. The van der Waals surface area contributed by atoms with E-state index in [2.05, 4.69) is 5.32 Å². The number of anilines is 1. The molecule has 0 atom stereocenters. The van der Waals surface area contributed by atoms with Crippen LogP contribution in [0.5, 0.6) is 0 Å². The molecule has 0 fully saturated rings. The molecule has 0 aliphatic rings. The number of hydrogen-bond acceptors (Lipinski definition) is 2. The molecule has 2 aromatic carbocycles.